The lowest BCUT2D eigenvalue weighted by molar-refractivity contribution is 0.0474. The number of methoxy groups -OCH3 is 1. The van der Waals surface area contributed by atoms with Crippen molar-refractivity contribution in [2.24, 2.45) is 0 Å². The molecule has 0 aliphatic rings. The third kappa shape index (κ3) is 5.82. The predicted molar refractivity (Wildman–Crippen MR) is 125 cm³/mol. The van der Waals surface area contributed by atoms with Crippen molar-refractivity contribution >= 4 is 50.3 Å². The molecule has 0 aliphatic heterocycles. The Bertz CT molecular complexity index is 1040. The van der Waals surface area contributed by atoms with Gasteiger partial charge in [-0.05, 0) is 52.4 Å². The van der Waals surface area contributed by atoms with Crippen molar-refractivity contribution in [3.63, 3.8) is 0 Å². The quantitative estimate of drug-likeness (QED) is 0.195. The second-order valence-electron chi connectivity index (χ2n) is 6.27. The van der Waals surface area contributed by atoms with E-state index in [9.17, 15) is 9.59 Å². The zero-order chi connectivity index (χ0) is 21.5. The van der Waals surface area contributed by atoms with Crippen LogP contribution >= 0.6 is 38.5 Å². The number of Topliss-reactive ketones (excluding diaryl/α,β-unsaturated/α-hetero) is 1. The molecule has 0 aliphatic carbocycles. The third-order valence-corrected chi connectivity index (χ3v) is 5.52. The fourth-order valence-electron chi connectivity index (χ4n) is 2.66. The molecule has 0 amide bonds. The standard InChI is InChI=1S/C23H18BrIO5/c1-28-22-19(25)11-17(12-21(22)29-13-15-5-3-2-4-6-15)23(27)30-14-20(26)16-7-9-18(24)10-8-16/h2-12H,13-14H2,1H3. The number of esters is 1. The molecule has 0 saturated heterocycles. The summed E-state index contributed by atoms with van der Waals surface area (Å²) in [6, 6.07) is 19.8. The number of ketones is 1. The summed E-state index contributed by atoms with van der Waals surface area (Å²) < 4.78 is 18.1. The number of carbonyl (C=O) groups is 2. The zero-order valence-corrected chi connectivity index (χ0v) is 19.8. The number of ether oxygens (including phenoxy) is 3. The van der Waals surface area contributed by atoms with Crippen molar-refractivity contribution in [3.8, 4) is 11.5 Å². The van der Waals surface area contributed by atoms with Gasteiger partial charge >= 0.3 is 5.97 Å². The fourth-order valence-corrected chi connectivity index (χ4v) is 3.75. The van der Waals surface area contributed by atoms with Crippen molar-refractivity contribution in [1.29, 1.82) is 0 Å². The van der Waals surface area contributed by atoms with Crippen LogP contribution < -0.4 is 9.47 Å². The van der Waals surface area contributed by atoms with E-state index in [1.54, 1.807) is 43.5 Å². The van der Waals surface area contributed by atoms with E-state index in [2.05, 4.69) is 38.5 Å². The van der Waals surface area contributed by atoms with E-state index in [1.165, 1.54) is 0 Å². The smallest absolute Gasteiger partial charge is 0.338 e. The van der Waals surface area contributed by atoms with Crippen molar-refractivity contribution in [1.82, 2.24) is 0 Å². The van der Waals surface area contributed by atoms with Gasteiger partial charge in [0, 0.05) is 10.0 Å². The van der Waals surface area contributed by atoms with Crippen LogP contribution in [0, 0.1) is 3.57 Å². The maximum atomic E-state index is 12.5. The number of halogens is 2. The Morgan fingerprint density at radius 2 is 1.67 bits per heavy atom. The maximum Gasteiger partial charge on any atom is 0.338 e. The minimum absolute atomic E-state index is 0.278. The van der Waals surface area contributed by atoms with Gasteiger partial charge in [-0.2, -0.15) is 0 Å². The number of hydrogen-bond acceptors (Lipinski definition) is 5. The van der Waals surface area contributed by atoms with Crippen molar-refractivity contribution < 1.29 is 23.8 Å². The Morgan fingerprint density at radius 1 is 0.967 bits per heavy atom. The van der Waals surface area contributed by atoms with Crippen LogP contribution in [0.25, 0.3) is 0 Å². The number of hydrogen-bond donors (Lipinski definition) is 0. The molecule has 0 bridgehead atoms. The summed E-state index contributed by atoms with van der Waals surface area (Å²) >= 11 is 5.39. The molecular formula is C23H18BrIO5. The number of rotatable bonds is 8. The Morgan fingerprint density at radius 3 is 2.33 bits per heavy atom. The minimum Gasteiger partial charge on any atom is -0.492 e. The maximum absolute atomic E-state index is 12.5. The number of carbonyl (C=O) groups excluding carboxylic acids is 2. The summed E-state index contributed by atoms with van der Waals surface area (Å²) in [6.07, 6.45) is 0. The highest BCUT2D eigenvalue weighted by molar-refractivity contribution is 14.1. The summed E-state index contributed by atoms with van der Waals surface area (Å²) in [7, 11) is 1.54. The van der Waals surface area contributed by atoms with Crippen LogP contribution in [0.15, 0.2) is 71.2 Å². The lowest BCUT2D eigenvalue weighted by Crippen LogP contribution is -2.14. The van der Waals surface area contributed by atoms with Gasteiger partial charge in [-0.25, -0.2) is 4.79 Å². The van der Waals surface area contributed by atoms with Crippen molar-refractivity contribution in [2.45, 2.75) is 6.61 Å². The molecule has 3 aromatic rings. The van der Waals surface area contributed by atoms with Crippen LogP contribution in [0.5, 0.6) is 11.5 Å². The van der Waals surface area contributed by atoms with Gasteiger partial charge in [0.15, 0.2) is 23.9 Å². The first kappa shape index (κ1) is 22.3. The van der Waals surface area contributed by atoms with Gasteiger partial charge < -0.3 is 14.2 Å². The summed E-state index contributed by atoms with van der Waals surface area (Å²) in [6.45, 7) is -0.0168. The van der Waals surface area contributed by atoms with Crippen LogP contribution in [0.1, 0.15) is 26.3 Å². The van der Waals surface area contributed by atoms with Gasteiger partial charge in [0.25, 0.3) is 0 Å². The van der Waals surface area contributed by atoms with Gasteiger partial charge in [0.05, 0.1) is 16.2 Å². The van der Waals surface area contributed by atoms with E-state index >= 15 is 0 Å². The Labute approximate surface area is 196 Å². The molecule has 0 unspecified atom stereocenters. The molecule has 0 fully saturated rings. The van der Waals surface area contributed by atoms with Gasteiger partial charge in [-0.15, -0.1) is 0 Å². The Hall–Kier alpha value is -2.39. The molecule has 3 aromatic carbocycles. The first-order valence-corrected chi connectivity index (χ1v) is 10.8. The first-order valence-electron chi connectivity index (χ1n) is 8.98. The molecule has 0 atom stereocenters. The van der Waals surface area contributed by atoms with E-state index in [0.717, 1.165) is 10.0 Å². The second-order valence-corrected chi connectivity index (χ2v) is 8.35. The lowest BCUT2D eigenvalue weighted by Gasteiger charge is -2.14. The predicted octanol–water partition coefficient (Wildman–Crippen LogP) is 5.68. The largest absolute Gasteiger partial charge is 0.492 e. The fraction of sp³-hybridized carbons (Fsp3) is 0.130. The van der Waals surface area contributed by atoms with Crippen LogP contribution in [0.3, 0.4) is 0 Å². The monoisotopic (exact) mass is 580 g/mol. The van der Waals surface area contributed by atoms with E-state index in [4.69, 9.17) is 14.2 Å². The minimum atomic E-state index is -0.606. The third-order valence-electron chi connectivity index (χ3n) is 4.19. The molecule has 3 rings (SSSR count). The molecule has 0 spiro atoms. The molecule has 0 saturated carbocycles. The molecule has 5 nitrogen and oxygen atoms in total. The molecule has 7 heteroatoms. The van der Waals surface area contributed by atoms with E-state index in [-0.39, 0.29) is 18.0 Å². The highest BCUT2D eigenvalue weighted by Crippen LogP contribution is 2.34. The molecule has 0 radical (unpaired) electrons. The lowest BCUT2D eigenvalue weighted by atomic mass is 10.1. The second kappa shape index (κ2) is 10.6. The number of benzene rings is 3. The summed E-state index contributed by atoms with van der Waals surface area (Å²) in [4.78, 5) is 24.8. The topological polar surface area (TPSA) is 61.8 Å². The van der Waals surface area contributed by atoms with E-state index in [1.807, 2.05) is 30.3 Å². The van der Waals surface area contributed by atoms with Gasteiger partial charge in [-0.3, -0.25) is 4.79 Å². The summed E-state index contributed by atoms with van der Waals surface area (Å²) in [5.74, 6) is 0.0821. The highest BCUT2D eigenvalue weighted by atomic mass is 127. The van der Waals surface area contributed by atoms with Gasteiger partial charge in [0.1, 0.15) is 6.61 Å². The van der Waals surface area contributed by atoms with Crippen LogP contribution in [0.4, 0.5) is 0 Å². The average Bonchev–Trinajstić information content (AvgIpc) is 2.76. The van der Waals surface area contributed by atoms with Crippen molar-refractivity contribution in [3.05, 3.63) is 91.5 Å². The van der Waals surface area contributed by atoms with Crippen molar-refractivity contribution in [2.75, 3.05) is 13.7 Å². The molecule has 0 aromatic heterocycles. The van der Waals surface area contributed by atoms with E-state index in [0.29, 0.717) is 27.2 Å². The summed E-state index contributed by atoms with van der Waals surface area (Å²) in [5, 5.41) is 0. The molecular weight excluding hydrogens is 563 g/mol. The summed E-state index contributed by atoms with van der Waals surface area (Å²) in [5.41, 5.74) is 1.75. The average molecular weight is 581 g/mol. The van der Waals surface area contributed by atoms with Crippen LogP contribution in [0.2, 0.25) is 0 Å². The van der Waals surface area contributed by atoms with Gasteiger partial charge in [-0.1, -0.05) is 58.4 Å². The molecule has 30 heavy (non-hydrogen) atoms. The Kier molecular flexibility index (Phi) is 7.87. The zero-order valence-electron chi connectivity index (χ0n) is 16.1. The van der Waals surface area contributed by atoms with Crippen LogP contribution in [-0.2, 0) is 11.3 Å². The highest BCUT2D eigenvalue weighted by Gasteiger charge is 2.18. The Balaban J connectivity index is 1.71. The first-order chi connectivity index (χ1) is 14.5. The molecule has 154 valence electrons. The molecule has 0 N–H and O–H groups in total. The van der Waals surface area contributed by atoms with Crippen LogP contribution in [-0.4, -0.2) is 25.5 Å². The van der Waals surface area contributed by atoms with E-state index < -0.39 is 5.97 Å². The molecule has 0 heterocycles. The van der Waals surface area contributed by atoms with Gasteiger partial charge in [0.2, 0.25) is 0 Å². The SMILES string of the molecule is COc1c(I)cc(C(=O)OCC(=O)c2ccc(Br)cc2)cc1OCc1ccccc1. The normalized spacial score (nSPS) is 10.4.